The van der Waals surface area contributed by atoms with Crippen molar-refractivity contribution in [2.75, 3.05) is 6.61 Å². The van der Waals surface area contributed by atoms with Crippen molar-refractivity contribution in [2.45, 2.75) is 27.2 Å². The molecule has 0 aromatic heterocycles. The lowest BCUT2D eigenvalue weighted by atomic mass is 9.86. The van der Waals surface area contributed by atoms with E-state index in [2.05, 4.69) is 0 Å². The largest absolute Gasteiger partial charge is 0.462 e. The Hall–Kier alpha value is -0.670. The molecular weight excluding hydrogens is 244 g/mol. The van der Waals surface area contributed by atoms with Gasteiger partial charge in [-0.3, -0.25) is 0 Å². The zero-order chi connectivity index (χ0) is 12.3. The summed E-state index contributed by atoms with van der Waals surface area (Å²) in [6.07, 6.45) is 2.40. The van der Waals surface area contributed by atoms with Crippen molar-refractivity contribution in [3.8, 4) is 0 Å². The third-order valence-corrected chi connectivity index (χ3v) is 3.64. The lowest BCUT2D eigenvalue weighted by Crippen LogP contribution is -2.21. The average Bonchev–Trinajstić information content (AvgIpc) is 2.26. The van der Waals surface area contributed by atoms with E-state index in [0.29, 0.717) is 22.1 Å². The molecule has 0 aliphatic heterocycles. The normalized spacial score (nSPS) is 20.9. The summed E-state index contributed by atoms with van der Waals surface area (Å²) in [4.78, 5) is 12.4. The van der Waals surface area contributed by atoms with Crippen molar-refractivity contribution < 1.29 is 9.53 Å². The number of thiocarbonyl (C=S) groups is 1. The van der Waals surface area contributed by atoms with Gasteiger partial charge >= 0.3 is 5.97 Å². The predicted octanol–water partition coefficient (Wildman–Crippen LogP) is 3.40. The Balaban J connectivity index is 3.16. The van der Waals surface area contributed by atoms with Gasteiger partial charge in [0.1, 0.15) is 0 Å². The van der Waals surface area contributed by atoms with Gasteiger partial charge in [-0.25, -0.2) is 4.79 Å². The van der Waals surface area contributed by atoms with Crippen LogP contribution < -0.4 is 0 Å². The number of hydrogen-bond acceptors (Lipinski definition) is 3. The van der Waals surface area contributed by atoms with Crippen LogP contribution in [0.4, 0.5) is 0 Å². The highest BCUT2D eigenvalue weighted by atomic mass is 35.5. The molecule has 2 nitrogen and oxygen atoms in total. The molecule has 0 aromatic carbocycles. The van der Waals surface area contributed by atoms with E-state index in [1.54, 1.807) is 13.0 Å². The van der Waals surface area contributed by atoms with Crippen molar-refractivity contribution in [2.24, 2.45) is 5.92 Å². The molecule has 0 saturated carbocycles. The Morgan fingerprint density at radius 2 is 2.19 bits per heavy atom. The van der Waals surface area contributed by atoms with E-state index in [4.69, 9.17) is 28.6 Å². The summed E-state index contributed by atoms with van der Waals surface area (Å²) < 4.78 is 5.00. The van der Waals surface area contributed by atoms with Crippen LogP contribution in [0, 0.1) is 5.92 Å². The van der Waals surface area contributed by atoms with E-state index in [9.17, 15) is 4.79 Å². The summed E-state index contributed by atoms with van der Waals surface area (Å²) in [5.74, 6) is -0.274. The molecule has 0 amide bonds. The van der Waals surface area contributed by atoms with Gasteiger partial charge in [0.15, 0.2) is 0 Å². The Kier molecular flexibility index (Phi) is 4.69. The lowest BCUT2D eigenvalue weighted by Gasteiger charge is -2.23. The zero-order valence-electron chi connectivity index (χ0n) is 9.67. The number of hydrogen-bond donors (Lipinski definition) is 0. The lowest BCUT2D eigenvalue weighted by molar-refractivity contribution is -0.138. The highest BCUT2D eigenvalue weighted by Crippen LogP contribution is 2.32. The minimum absolute atomic E-state index is 0.0388. The quantitative estimate of drug-likeness (QED) is 0.573. The Morgan fingerprint density at radius 3 is 2.69 bits per heavy atom. The average molecular weight is 259 g/mol. The molecule has 0 fully saturated rings. The molecule has 1 rings (SSSR count). The summed E-state index contributed by atoms with van der Waals surface area (Å²) in [6.45, 7) is 6.12. The zero-order valence-corrected chi connectivity index (χ0v) is 11.2. The molecule has 1 aliphatic rings. The first-order chi connectivity index (χ1) is 7.52. The second kappa shape index (κ2) is 5.60. The van der Waals surface area contributed by atoms with Gasteiger partial charge in [0.05, 0.1) is 17.2 Å². The van der Waals surface area contributed by atoms with Crippen LogP contribution in [-0.4, -0.2) is 17.4 Å². The molecule has 0 spiro atoms. The molecule has 0 heterocycles. The van der Waals surface area contributed by atoms with E-state index in [-0.39, 0.29) is 11.9 Å². The molecule has 0 aromatic rings. The molecule has 4 heteroatoms. The fourth-order valence-corrected chi connectivity index (χ4v) is 2.26. The van der Waals surface area contributed by atoms with Crippen molar-refractivity contribution in [3.63, 3.8) is 0 Å². The summed E-state index contributed by atoms with van der Waals surface area (Å²) >= 11 is 11.2. The van der Waals surface area contributed by atoms with Gasteiger partial charge in [-0.05, 0) is 25.0 Å². The van der Waals surface area contributed by atoms with Crippen LogP contribution in [0.15, 0.2) is 22.3 Å². The van der Waals surface area contributed by atoms with Gasteiger partial charge in [-0.2, -0.15) is 0 Å². The van der Waals surface area contributed by atoms with Gasteiger partial charge in [-0.15, -0.1) is 0 Å². The molecule has 0 saturated heterocycles. The van der Waals surface area contributed by atoms with Gasteiger partial charge < -0.3 is 4.74 Å². The van der Waals surface area contributed by atoms with Crippen molar-refractivity contribution in [1.29, 1.82) is 0 Å². The molecule has 1 unspecified atom stereocenters. The van der Waals surface area contributed by atoms with E-state index in [1.807, 2.05) is 13.8 Å². The number of ether oxygens (including phenoxy) is 1. The SMILES string of the molecule is CCOC(=O)C1=C(CC)C(C)C(=S)C(Cl)=C1. The third-order valence-electron chi connectivity index (χ3n) is 2.64. The van der Waals surface area contributed by atoms with Crippen LogP contribution in [0.1, 0.15) is 27.2 Å². The molecular formula is C12H15ClO2S. The van der Waals surface area contributed by atoms with Crippen LogP contribution in [0.25, 0.3) is 0 Å². The molecule has 1 aliphatic carbocycles. The number of allylic oxidation sites excluding steroid dienone is 2. The first kappa shape index (κ1) is 13.4. The number of esters is 1. The van der Waals surface area contributed by atoms with Crippen LogP contribution in [-0.2, 0) is 9.53 Å². The molecule has 0 bridgehead atoms. The smallest absolute Gasteiger partial charge is 0.338 e. The maximum absolute atomic E-state index is 11.7. The Morgan fingerprint density at radius 1 is 1.56 bits per heavy atom. The monoisotopic (exact) mass is 258 g/mol. The topological polar surface area (TPSA) is 26.3 Å². The Labute approximate surface area is 106 Å². The summed E-state index contributed by atoms with van der Waals surface area (Å²) in [7, 11) is 0. The van der Waals surface area contributed by atoms with E-state index < -0.39 is 0 Å². The maximum atomic E-state index is 11.7. The predicted molar refractivity (Wildman–Crippen MR) is 69.6 cm³/mol. The van der Waals surface area contributed by atoms with E-state index in [0.717, 1.165) is 12.0 Å². The number of carbonyl (C=O) groups is 1. The molecule has 88 valence electrons. The molecule has 16 heavy (non-hydrogen) atoms. The Bertz CT molecular complexity index is 382. The van der Waals surface area contributed by atoms with Gasteiger partial charge in [0.25, 0.3) is 0 Å². The number of carbonyl (C=O) groups excluding carboxylic acids is 1. The highest BCUT2D eigenvalue weighted by Gasteiger charge is 2.27. The number of halogens is 1. The van der Waals surface area contributed by atoms with E-state index in [1.165, 1.54) is 0 Å². The first-order valence-electron chi connectivity index (χ1n) is 5.34. The highest BCUT2D eigenvalue weighted by molar-refractivity contribution is 7.81. The fraction of sp³-hybridized carbons (Fsp3) is 0.500. The summed E-state index contributed by atoms with van der Waals surface area (Å²) in [5, 5.41) is 0.475. The first-order valence-corrected chi connectivity index (χ1v) is 6.13. The standard InChI is InChI=1S/C12H15ClO2S/c1-4-8-7(3)11(16)10(13)6-9(8)12(14)15-5-2/h6-7H,4-5H2,1-3H3. The fourth-order valence-electron chi connectivity index (χ4n) is 1.78. The van der Waals surface area contributed by atoms with E-state index >= 15 is 0 Å². The molecule has 1 atom stereocenters. The minimum Gasteiger partial charge on any atom is -0.462 e. The van der Waals surface area contributed by atoms with Gasteiger partial charge in [-0.1, -0.05) is 37.7 Å². The second-order valence-corrected chi connectivity index (χ2v) is 4.44. The van der Waals surface area contributed by atoms with Crippen LogP contribution in [0.5, 0.6) is 0 Å². The minimum atomic E-state index is -0.313. The van der Waals surface area contributed by atoms with Crippen molar-refractivity contribution in [1.82, 2.24) is 0 Å². The number of rotatable bonds is 3. The summed E-state index contributed by atoms with van der Waals surface area (Å²) in [5.41, 5.74) is 1.57. The van der Waals surface area contributed by atoms with Gasteiger partial charge in [0.2, 0.25) is 0 Å². The molecule has 0 radical (unpaired) electrons. The van der Waals surface area contributed by atoms with Crippen molar-refractivity contribution in [3.05, 3.63) is 22.3 Å². The maximum Gasteiger partial charge on any atom is 0.338 e. The van der Waals surface area contributed by atoms with Gasteiger partial charge in [0, 0.05) is 10.8 Å². The van der Waals surface area contributed by atoms with Crippen LogP contribution in [0.2, 0.25) is 0 Å². The van der Waals surface area contributed by atoms with Crippen molar-refractivity contribution >= 4 is 34.7 Å². The molecule has 0 N–H and O–H groups in total. The summed E-state index contributed by atoms with van der Waals surface area (Å²) in [6, 6.07) is 0. The van der Waals surface area contributed by atoms with Crippen LogP contribution in [0.3, 0.4) is 0 Å². The van der Waals surface area contributed by atoms with Crippen LogP contribution >= 0.6 is 23.8 Å². The third kappa shape index (κ3) is 2.53. The second-order valence-electron chi connectivity index (χ2n) is 3.59.